The molecule has 0 unspecified atom stereocenters. The standard InChI is InChI=1S/C25H54O2Si/c1-5-7-9-11-13-14-15-16-17-18-19-21-23-25-28(26-3,27-4)24-22-20-12-10-8-6-2/h5-25H2,1-4H3. The first-order valence-electron chi connectivity index (χ1n) is 12.8. The highest BCUT2D eigenvalue weighted by atomic mass is 28.4. The second-order valence-electron chi connectivity index (χ2n) is 8.83. The Labute approximate surface area is 179 Å². The van der Waals surface area contributed by atoms with Gasteiger partial charge in [-0.3, -0.25) is 0 Å². The number of unbranched alkanes of at least 4 members (excludes halogenated alkanes) is 17. The Morgan fingerprint density at radius 3 is 0.893 bits per heavy atom. The molecule has 0 amide bonds. The van der Waals surface area contributed by atoms with Crippen molar-refractivity contribution < 1.29 is 8.85 Å². The average Bonchev–Trinajstić information content (AvgIpc) is 2.72. The van der Waals surface area contributed by atoms with E-state index >= 15 is 0 Å². The van der Waals surface area contributed by atoms with Gasteiger partial charge < -0.3 is 8.85 Å². The lowest BCUT2D eigenvalue weighted by Gasteiger charge is -2.27. The minimum atomic E-state index is -1.91. The highest BCUT2D eigenvalue weighted by Crippen LogP contribution is 2.25. The fourth-order valence-electron chi connectivity index (χ4n) is 4.20. The highest BCUT2D eigenvalue weighted by Gasteiger charge is 2.33. The van der Waals surface area contributed by atoms with Crippen molar-refractivity contribution in [1.29, 1.82) is 0 Å². The summed E-state index contributed by atoms with van der Waals surface area (Å²) in [4.78, 5) is 0. The Morgan fingerprint density at radius 2 is 0.643 bits per heavy atom. The molecule has 28 heavy (non-hydrogen) atoms. The molecule has 0 bridgehead atoms. The van der Waals surface area contributed by atoms with Crippen LogP contribution in [0, 0.1) is 0 Å². The van der Waals surface area contributed by atoms with Crippen LogP contribution in [0.5, 0.6) is 0 Å². The van der Waals surface area contributed by atoms with Crippen LogP contribution in [0.1, 0.15) is 136 Å². The topological polar surface area (TPSA) is 18.5 Å². The first kappa shape index (κ1) is 28.1. The molecule has 0 fully saturated rings. The summed E-state index contributed by atoms with van der Waals surface area (Å²) in [6, 6.07) is 2.37. The van der Waals surface area contributed by atoms with Crippen LogP contribution < -0.4 is 0 Å². The van der Waals surface area contributed by atoms with E-state index in [0.717, 1.165) is 0 Å². The molecule has 0 heterocycles. The van der Waals surface area contributed by atoms with E-state index in [4.69, 9.17) is 8.85 Å². The fourth-order valence-corrected chi connectivity index (χ4v) is 7.01. The summed E-state index contributed by atoms with van der Waals surface area (Å²) in [5, 5.41) is 0. The molecule has 0 spiro atoms. The molecule has 0 rings (SSSR count). The molecule has 0 aromatic heterocycles. The highest BCUT2D eigenvalue weighted by molar-refractivity contribution is 6.67. The lowest BCUT2D eigenvalue weighted by Crippen LogP contribution is -2.39. The summed E-state index contributed by atoms with van der Waals surface area (Å²) in [6.45, 7) is 4.58. The zero-order valence-corrected chi connectivity index (χ0v) is 21.2. The summed E-state index contributed by atoms with van der Waals surface area (Å²) in [5.74, 6) is 0. The summed E-state index contributed by atoms with van der Waals surface area (Å²) in [5.41, 5.74) is 0. The van der Waals surface area contributed by atoms with Crippen LogP contribution in [0.2, 0.25) is 12.1 Å². The molecule has 0 aromatic carbocycles. The van der Waals surface area contributed by atoms with E-state index < -0.39 is 8.56 Å². The van der Waals surface area contributed by atoms with Crippen LogP contribution >= 0.6 is 0 Å². The molecule has 0 radical (unpaired) electrons. The average molecular weight is 415 g/mol. The maximum absolute atomic E-state index is 5.94. The second kappa shape index (κ2) is 21.8. The van der Waals surface area contributed by atoms with E-state index in [1.165, 1.54) is 134 Å². The molecule has 0 atom stereocenters. The van der Waals surface area contributed by atoms with Crippen molar-refractivity contribution in [2.24, 2.45) is 0 Å². The van der Waals surface area contributed by atoms with Gasteiger partial charge in [0.25, 0.3) is 0 Å². The van der Waals surface area contributed by atoms with Gasteiger partial charge in [0.15, 0.2) is 0 Å². The number of rotatable bonds is 23. The van der Waals surface area contributed by atoms with Gasteiger partial charge in [-0.2, -0.15) is 0 Å². The molecule has 170 valence electrons. The molecule has 0 aromatic rings. The third-order valence-corrected chi connectivity index (χ3v) is 10.0. The van der Waals surface area contributed by atoms with Crippen molar-refractivity contribution in [3.05, 3.63) is 0 Å². The maximum Gasteiger partial charge on any atom is 0.337 e. The largest absolute Gasteiger partial charge is 0.398 e. The van der Waals surface area contributed by atoms with Crippen LogP contribution in [0.3, 0.4) is 0 Å². The first-order chi connectivity index (χ1) is 13.7. The number of hydrogen-bond acceptors (Lipinski definition) is 2. The van der Waals surface area contributed by atoms with Crippen molar-refractivity contribution in [2.45, 2.75) is 148 Å². The zero-order valence-electron chi connectivity index (χ0n) is 20.2. The Balaban J connectivity index is 3.57. The quantitative estimate of drug-likeness (QED) is 0.122. The van der Waals surface area contributed by atoms with E-state index in [1.807, 2.05) is 14.2 Å². The van der Waals surface area contributed by atoms with Crippen LogP contribution in [0.15, 0.2) is 0 Å². The lowest BCUT2D eigenvalue weighted by atomic mass is 10.1. The summed E-state index contributed by atoms with van der Waals surface area (Å²) in [7, 11) is 1.86. The van der Waals surface area contributed by atoms with Gasteiger partial charge in [0, 0.05) is 14.2 Å². The van der Waals surface area contributed by atoms with Gasteiger partial charge in [-0.25, -0.2) is 0 Å². The Kier molecular flexibility index (Phi) is 21.9. The molecule has 0 aliphatic heterocycles. The van der Waals surface area contributed by atoms with E-state index in [1.54, 1.807) is 0 Å². The molecule has 0 aliphatic rings. The van der Waals surface area contributed by atoms with Crippen LogP contribution in [-0.2, 0) is 8.85 Å². The Morgan fingerprint density at radius 1 is 0.393 bits per heavy atom. The monoisotopic (exact) mass is 414 g/mol. The predicted octanol–water partition coefficient (Wildman–Crippen LogP) is 9.17. The van der Waals surface area contributed by atoms with Gasteiger partial charge in [-0.1, -0.05) is 136 Å². The molecule has 3 heteroatoms. The van der Waals surface area contributed by atoms with E-state index in [-0.39, 0.29) is 0 Å². The van der Waals surface area contributed by atoms with Crippen molar-refractivity contribution in [3.63, 3.8) is 0 Å². The van der Waals surface area contributed by atoms with Gasteiger partial charge in [-0.05, 0) is 12.1 Å². The molecule has 0 saturated carbocycles. The Hall–Kier alpha value is 0.137. The lowest BCUT2D eigenvalue weighted by molar-refractivity contribution is 0.238. The molecule has 0 N–H and O–H groups in total. The molecule has 0 saturated heterocycles. The molecular weight excluding hydrogens is 360 g/mol. The van der Waals surface area contributed by atoms with Gasteiger partial charge in [-0.15, -0.1) is 0 Å². The second-order valence-corrected chi connectivity index (χ2v) is 12.5. The van der Waals surface area contributed by atoms with Gasteiger partial charge >= 0.3 is 8.56 Å². The molecule has 0 aliphatic carbocycles. The predicted molar refractivity (Wildman–Crippen MR) is 128 cm³/mol. The first-order valence-corrected chi connectivity index (χ1v) is 15.1. The van der Waals surface area contributed by atoms with E-state index in [0.29, 0.717) is 0 Å². The van der Waals surface area contributed by atoms with Crippen molar-refractivity contribution in [2.75, 3.05) is 14.2 Å². The Bertz CT molecular complexity index is 292. The number of hydrogen-bond donors (Lipinski definition) is 0. The third-order valence-electron chi connectivity index (χ3n) is 6.32. The van der Waals surface area contributed by atoms with E-state index in [2.05, 4.69) is 13.8 Å². The fraction of sp³-hybridized carbons (Fsp3) is 1.00. The van der Waals surface area contributed by atoms with Gasteiger partial charge in [0.2, 0.25) is 0 Å². The summed E-state index contributed by atoms with van der Waals surface area (Å²) in [6.07, 6.45) is 26.5. The SMILES string of the molecule is CCCCCCCCCCCCCCC[Si](CCCCCCCC)(OC)OC. The smallest absolute Gasteiger partial charge is 0.337 e. The maximum atomic E-state index is 5.94. The van der Waals surface area contributed by atoms with Crippen LogP contribution in [0.25, 0.3) is 0 Å². The zero-order chi connectivity index (χ0) is 20.8. The van der Waals surface area contributed by atoms with Gasteiger partial charge in [0.1, 0.15) is 0 Å². The minimum Gasteiger partial charge on any atom is -0.398 e. The molecular formula is C25H54O2Si. The van der Waals surface area contributed by atoms with Crippen LogP contribution in [0.4, 0.5) is 0 Å². The van der Waals surface area contributed by atoms with Gasteiger partial charge in [0.05, 0.1) is 0 Å². The summed E-state index contributed by atoms with van der Waals surface area (Å²) >= 11 is 0. The third kappa shape index (κ3) is 17.0. The van der Waals surface area contributed by atoms with E-state index in [9.17, 15) is 0 Å². The van der Waals surface area contributed by atoms with Crippen LogP contribution in [-0.4, -0.2) is 22.8 Å². The molecule has 2 nitrogen and oxygen atoms in total. The summed E-state index contributed by atoms with van der Waals surface area (Å²) < 4.78 is 11.9. The van der Waals surface area contributed by atoms with Crippen molar-refractivity contribution >= 4 is 8.56 Å². The normalized spacial score (nSPS) is 12.0. The minimum absolute atomic E-state index is 1.18. The van der Waals surface area contributed by atoms with Crippen molar-refractivity contribution in [1.82, 2.24) is 0 Å². The van der Waals surface area contributed by atoms with Crippen molar-refractivity contribution in [3.8, 4) is 0 Å².